The Bertz CT molecular complexity index is 637. The highest BCUT2D eigenvalue weighted by Crippen LogP contribution is 2.29. The molecule has 0 aliphatic heterocycles. The molecule has 0 saturated heterocycles. The molecule has 96 valence electrons. The Balaban J connectivity index is 2.27. The van der Waals surface area contributed by atoms with Crippen LogP contribution in [0.3, 0.4) is 0 Å². The molecule has 0 aliphatic rings. The van der Waals surface area contributed by atoms with Gasteiger partial charge in [0.1, 0.15) is 4.90 Å². The van der Waals surface area contributed by atoms with Crippen molar-refractivity contribution in [2.45, 2.75) is 4.90 Å². The second kappa shape index (κ2) is 4.57. The van der Waals surface area contributed by atoms with Gasteiger partial charge in [0.2, 0.25) is 0 Å². The summed E-state index contributed by atoms with van der Waals surface area (Å²) in [5, 5.41) is 15.5. The van der Waals surface area contributed by atoms with E-state index in [4.69, 9.17) is 4.74 Å². The monoisotopic (exact) mass is 269 g/mol. The number of benzene rings is 1. The van der Waals surface area contributed by atoms with E-state index in [1.54, 1.807) is 0 Å². The highest BCUT2D eigenvalue weighted by Gasteiger charge is 2.15. The van der Waals surface area contributed by atoms with Crippen molar-refractivity contribution in [3.63, 3.8) is 0 Å². The summed E-state index contributed by atoms with van der Waals surface area (Å²) in [5.74, 6) is 0.117. The molecule has 2 aromatic rings. The summed E-state index contributed by atoms with van der Waals surface area (Å²) in [7, 11) is -2.29. The number of nitrogens with one attached hydrogen (secondary N) is 2. The van der Waals surface area contributed by atoms with Gasteiger partial charge in [-0.2, -0.15) is 5.10 Å². The maximum Gasteiger partial charge on any atom is 0.265 e. The molecular weight excluding hydrogens is 258 g/mol. The molecule has 8 heteroatoms. The number of hydrogen-bond acceptors (Lipinski definition) is 5. The number of aromatic nitrogens is 2. The third kappa shape index (κ3) is 2.38. The Labute approximate surface area is 103 Å². The molecule has 0 aliphatic carbocycles. The summed E-state index contributed by atoms with van der Waals surface area (Å²) in [6.07, 6.45) is 2.44. The molecule has 2 rings (SSSR count). The van der Waals surface area contributed by atoms with Gasteiger partial charge in [0.25, 0.3) is 10.0 Å². The molecule has 7 nitrogen and oxygen atoms in total. The van der Waals surface area contributed by atoms with Gasteiger partial charge >= 0.3 is 0 Å². The number of sulfonamides is 1. The lowest BCUT2D eigenvalue weighted by atomic mass is 10.3. The minimum Gasteiger partial charge on any atom is -0.504 e. The largest absolute Gasteiger partial charge is 0.504 e. The van der Waals surface area contributed by atoms with Gasteiger partial charge < -0.3 is 9.84 Å². The molecule has 18 heavy (non-hydrogen) atoms. The third-order valence-electron chi connectivity index (χ3n) is 2.21. The number of phenolic OH excluding ortho intramolecular Hbond substituents is 1. The fourth-order valence-electron chi connectivity index (χ4n) is 1.35. The number of nitrogens with zero attached hydrogens (tertiary/aromatic N) is 1. The Hall–Kier alpha value is -2.22. The zero-order valence-electron chi connectivity index (χ0n) is 9.41. The number of aromatic amines is 1. The first-order valence-electron chi connectivity index (χ1n) is 4.91. The van der Waals surface area contributed by atoms with Gasteiger partial charge in [0.05, 0.1) is 19.0 Å². The predicted octanol–water partition coefficient (Wildman–Crippen LogP) is 0.925. The van der Waals surface area contributed by atoms with Gasteiger partial charge in [-0.25, -0.2) is 8.42 Å². The van der Waals surface area contributed by atoms with E-state index < -0.39 is 10.0 Å². The van der Waals surface area contributed by atoms with Crippen LogP contribution in [0, 0.1) is 0 Å². The molecule has 0 fully saturated rings. The number of aromatic hydroxyl groups is 1. The first kappa shape index (κ1) is 12.2. The smallest absolute Gasteiger partial charge is 0.265 e. The van der Waals surface area contributed by atoms with Gasteiger partial charge in [-0.3, -0.25) is 9.82 Å². The highest BCUT2D eigenvalue weighted by molar-refractivity contribution is 7.92. The highest BCUT2D eigenvalue weighted by atomic mass is 32.2. The fraction of sp³-hybridized carbons (Fsp3) is 0.100. The van der Waals surface area contributed by atoms with Crippen molar-refractivity contribution in [2.24, 2.45) is 0 Å². The van der Waals surface area contributed by atoms with Crippen LogP contribution in [0.4, 0.5) is 5.69 Å². The van der Waals surface area contributed by atoms with Crippen molar-refractivity contribution in [1.82, 2.24) is 10.2 Å². The van der Waals surface area contributed by atoms with Crippen molar-refractivity contribution >= 4 is 15.7 Å². The second-order valence-electron chi connectivity index (χ2n) is 3.43. The van der Waals surface area contributed by atoms with Gasteiger partial charge in [0, 0.05) is 12.3 Å². The topological polar surface area (TPSA) is 104 Å². The SMILES string of the molecule is COc1ccc(NS(=O)(=O)c2cn[nH]c2)cc1O. The average Bonchev–Trinajstić information content (AvgIpc) is 2.82. The van der Waals surface area contributed by atoms with Gasteiger partial charge in [0.15, 0.2) is 11.5 Å². The maximum absolute atomic E-state index is 11.8. The quantitative estimate of drug-likeness (QED) is 0.765. The number of H-pyrrole nitrogens is 1. The Morgan fingerprint density at radius 3 is 2.78 bits per heavy atom. The van der Waals surface area contributed by atoms with Crippen LogP contribution in [0.5, 0.6) is 11.5 Å². The lowest BCUT2D eigenvalue weighted by Crippen LogP contribution is -2.12. The molecule has 3 N–H and O–H groups in total. The van der Waals surface area contributed by atoms with Crippen LogP contribution >= 0.6 is 0 Å². The second-order valence-corrected chi connectivity index (χ2v) is 5.11. The number of hydrogen-bond donors (Lipinski definition) is 3. The third-order valence-corrected chi connectivity index (χ3v) is 3.56. The Morgan fingerprint density at radius 1 is 1.44 bits per heavy atom. The maximum atomic E-state index is 11.8. The van der Waals surface area contributed by atoms with E-state index in [2.05, 4.69) is 14.9 Å². The summed E-state index contributed by atoms with van der Waals surface area (Å²) in [4.78, 5) is 0.0119. The first-order chi connectivity index (χ1) is 8.53. The lowest BCUT2D eigenvalue weighted by Gasteiger charge is -2.08. The van der Waals surface area contributed by atoms with Crippen molar-refractivity contribution in [1.29, 1.82) is 0 Å². The molecule has 0 saturated carbocycles. The van der Waals surface area contributed by atoms with Crippen LogP contribution < -0.4 is 9.46 Å². The minimum absolute atomic E-state index is 0.0119. The first-order valence-corrected chi connectivity index (χ1v) is 6.40. The van der Waals surface area contributed by atoms with Crippen LogP contribution in [0.25, 0.3) is 0 Å². The average molecular weight is 269 g/mol. The van der Waals surface area contributed by atoms with Crippen molar-refractivity contribution in [3.8, 4) is 11.5 Å². The lowest BCUT2D eigenvalue weighted by molar-refractivity contribution is 0.373. The summed E-state index contributed by atoms with van der Waals surface area (Å²) in [5.41, 5.74) is 0.231. The van der Waals surface area contributed by atoms with Crippen molar-refractivity contribution in [3.05, 3.63) is 30.6 Å². The van der Waals surface area contributed by atoms with E-state index in [-0.39, 0.29) is 22.1 Å². The van der Waals surface area contributed by atoms with E-state index in [1.165, 1.54) is 37.7 Å². The van der Waals surface area contributed by atoms with E-state index >= 15 is 0 Å². The van der Waals surface area contributed by atoms with Gasteiger partial charge in [-0.1, -0.05) is 0 Å². The van der Waals surface area contributed by atoms with E-state index in [0.717, 1.165) is 0 Å². The van der Waals surface area contributed by atoms with Crippen LogP contribution in [-0.2, 0) is 10.0 Å². The Kier molecular flexibility index (Phi) is 3.11. The standard InChI is InChI=1S/C10H11N3O4S/c1-17-10-3-2-7(4-9(10)14)13-18(15,16)8-5-11-12-6-8/h2-6,13-14H,1H3,(H,11,12). The number of anilines is 1. The summed E-state index contributed by atoms with van der Waals surface area (Å²) in [6.45, 7) is 0. The molecule has 0 amide bonds. The number of ether oxygens (including phenoxy) is 1. The summed E-state index contributed by atoms with van der Waals surface area (Å²) < 4.78 is 30.9. The van der Waals surface area contributed by atoms with Gasteiger partial charge in [-0.15, -0.1) is 0 Å². The van der Waals surface area contributed by atoms with Crippen LogP contribution in [0.15, 0.2) is 35.5 Å². The molecule has 1 aromatic heterocycles. The van der Waals surface area contributed by atoms with Crippen molar-refractivity contribution in [2.75, 3.05) is 11.8 Å². The summed E-state index contributed by atoms with van der Waals surface area (Å²) in [6, 6.07) is 4.20. The van der Waals surface area contributed by atoms with Crippen LogP contribution in [-0.4, -0.2) is 30.8 Å². The molecule has 0 bridgehead atoms. The number of phenols is 1. The fourth-order valence-corrected chi connectivity index (χ4v) is 2.31. The van der Waals surface area contributed by atoms with Crippen LogP contribution in [0.2, 0.25) is 0 Å². The molecule has 0 radical (unpaired) electrons. The van der Waals surface area contributed by atoms with E-state index in [9.17, 15) is 13.5 Å². The zero-order chi connectivity index (χ0) is 13.2. The predicted molar refractivity (Wildman–Crippen MR) is 64.1 cm³/mol. The van der Waals surface area contributed by atoms with Crippen molar-refractivity contribution < 1.29 is 18.3 Å². The van der Waals surface area contributed by atoms with Gasteiger partial charge in [-0.05, 0) is 12.1 Å². The van der Waals surface area contributed by atoms with E-state index in [1.807, 2.05) is 0 Å². The molecular formula is C10H11N3O4S. The Morgan fingerprint density at radius 2 is 2.22 bits per heavy atom. The minimum atomic E-state index is -3.70. The zero-order valence-corrected chi connectivity index (χ0v) is 10.2. The molecule has 0 spiro atoms. The van der Waals surface area contributed by atoms with Crippen LogP contribution in [0.1, 0.15) is 0 Å². The molecule has 1 aromatic carbocycles. The molecule has 1 heterocycles. The normalized spacial score (nSPS) is 11.2. The van der Waals surface area contributed by atoms with E-state index in [0.29, 0.717) is 0 Å². The summed E-state index contributed by atoms with van der Waals surface area (Å²) >= 11 is 0. The number of methoxy groups -OCH3 is 1. The number of rotatable bonds is 4. The molecule has 0 unspecified atom stereocenters. The molecule has 0 atom stereocenters.